The van der Waals surface area contributed by atoms with E-state index >= 15 is 0 Å². The smallest absolute Gasteiger partial charge is 0.266 e. The van der Waals surface area contributed by atoms with Gasteiger partial charge in [-0.05, 0) is 48.4 Å². The van der Waals surface area contributed by atoms with Crippen LogP contribution in [0.15, 0.2) is 76.7 Å². The zero-order valence-corrected chi connectivity index (χ0v) is 16.6. The van der Waals surface area contributed by atoms with Crippen LogP contribution in [0.2, 0.25) is 5.02 Å². The van der Waals surface area contributed by atoms with Crippen molar-refractivity contribution in [3.63, 3.8) is 0 Å². The summed E-state index contributed by atoms with van der Waals surface area (Å²) in [7, 11) is 0. The number of hydrogen-bond donors (Lipinski definition) is 0. The number of rotatable bonds is 4. The molecule has 0 aliphatic heterocycles. The van der Waals surface area contributed by atoms with Crippen LogP contribution < -0.4 is 5.56 Å². The zero-order valence-electron chi connectivity index (χ0n) is 15.0. The highest BCUT2D eigenvalue weighted by Crippen LogP contribution is 2.28. The van der Waals surface area contributed by atoms with E-state index < -0.39 is 0 Å². The van der Waals surface area contributed by atoms with Crippen molar-refractivity contribution >= 4 is 34.3 Å². The van der Waals surface area contributed by atoms with Gasteiger partial charge in [-0.3, -0.25) is 9.36 Å². The average Bonchev–Trinajstić information content (AvgIpc) is 2.70. The van der Waals surface area contributed by atoms with Crippen LogP contribution in [0.3, 0.4) is 0 Å². The lowest BCUT2D eigenvalue weighted by Crippen LogP contribution is -2.22. The van der Waals surface area contributed by atoms with E-state index in [1.165, 1.54) is 17.8 Å². The predicted octanol–water partition coefficient (Wildman–Crippen LogP) is 5.78. The first-order valence-corrected chi connectivity index (χ1v) is 10.1. The number of para-hydroxylation sites is 1. The van der Waals surface area contributed by atoms with Crippen molar-refractivity contribution in [3.8, 4) is 5.69 Å². The molecular weight excluding hydrogens is 395 g/mol. The molecule has 0 amide bonds. The van der Waals surface area contributed by atoms with Gasteiger partial charge in [0.05, 0.1) is 16.6 Å². The largest absolute Gasteiger partial charge is 0.268 e. The van der Waals surface area contributed by atoms with E-state index in [4.69, 9.17) is 11.6 Å². The molecule has 0 atom stereocenters. The summed E-state index contributed by atoms with van der Waals surface area (Å²) in [6.45, 7) is 1.87. The first kappa shape index (κ1) is 18.7. The Morgan fingerprint density at radius 3 is 2.61 bits per heavy atom. The van der Waals surface area contributed by atoms with Gasteiger partial charge in [0, 0.05) is 10.8 Å². The Labute approximate surface area is 170 Å². The summed E-state index contributed by atoms with van der Waals surface area (Å²) in [4.78, 5) is 18.0. The quantitative estimate of drug-likeness (QED) is 0.316. The lowest BCUT2D eigenvalue weighted by molar-refractivity contribution is 0.617. The minimum absolute atomic E-state index is 0.174. The lowest BCUT2D eigenvalue weighted by Gasteiger charge is -2.16. The third kappa shape index (κ3) is 3.43. The molecule has 0 spiro atoms. The van der Waals surface area contributed by atoms with Gasteiger partial charge in [-0.25, -0.2) is 9.37 Å². The summed E-state index contributed by atoms with van der Waals surface area (Å²) < 4.78 is 15.6. The van der Waals surface area contributed by atoms with Crippen molar-refractivity contribution in [1.82, 2.24) is 9.55 Å². The Kier molecular flexibility index (Phi) is 5.20. The van der Waals surface area contributed by atoms with Crippen molar-refractivity contribution in [2.45, 2.75) is 17.8 Å². The predicted molar refractivity (Wildman–Crippen MR) is 113 cm³/mol. The summed E-state index contributed by atoms with van der Waals surface area (Å²) >= 11 is 7.61. The van der Waals surface area contributed by atoms with Gasteiger partial charge in [0.25, 0.3) is 5.56 Å². The number of nitrogens with zero attached hydrogens (tertiary/aromatic N) is 2. The third-order valence-electron chi connectivity index (χ3n) is 4.54. The maximum Gasteiger partial charge on any atom is 0.266 e. The molecule has 0 radical (unpaired) electrons. The van der Waals surface area contributed by atoms with E-state index in [9.17, 15) is 9.18 Å². The van der Waals surface area contributed by atoms with Gasteiger partial charge < -0.3 is 0 Å². The van der Waals surface area contributed by atoms with Gasteiger partial charge in [0.1, 0.15) is 5.82 Å². The van der Waals surface area contributed by atoms with Gasteiger partial charge >= 0.3 is 0 Å². The molecule has 6 heteroatoms. The van der Waals surface area contributed by atoms with Crippen LogP contribution in [0.4, 0.5) is 4.39 Å². The van der Waals surface area contributed by atoms with Gasteiger partial charge in [-0.2, -0.15) is 0 Å². The molecule has 4 aromatic rings. The van der Waals surface area contributed by atoms with Crippen LogP contribution in [-0.2, 0) is 5.75 Å². The number of hydrogen-bond acceptors (Lipinski definition) is 3. The summed E-state index contributed by atoms with van der Waals surface area (Å²) in [6, 6.07) is 19.3. The maximum atomic E-state index is 14.0. The number of thioether (sulfide) groups is 1. The monoisotopic (exact) mass is 410 g/mol. The molecule has 0 saturated heterocycles. The SMILES string of the molecule is Cc1c(Cl)cccc1-n1c(SCc2ccccc2F)nc2ccccc2c1=O. The van der Waals surface area contributed by atoms with E-state index in [1.807, 2.05) is 25.1 Å². The van der Waals surface area contributed by atoms with Crippen molar-refractivity contribution < 1.29 is 4.39 Å². The maximum absolute atomic E-state index is 14.0. The number of benzene rings is 3. The van der Waals surface area contributed by atoms with Crippen molar-refractivity contribution in [2.24, 2.45) is 0 Å². The molecule has 0 bridgehead atoms. The molecule has 0 fully saturated rings. The molecule has 4 rings (SSSR count). The Balaban J connectivity index is 1.90. The fourth-order valence-corrected chi connectivity index (χ4v) is 4.18. The Morgan fingerprint density at radius 1 is 1.04 bits per heavy atom. The highest BCUT2D eigenvalue weighted by molar-refractivity contribution is 7.98. The average molecular weight is 411 g/mol. The van der Waals surface area contributed by atoms with E-state index in [0.29, 0.717) is 38.1 Å². The molecule has 140 valence electrons. The second-order valence-corrected chi connectivity index (χ2v) is 7.67. The van der Waals surface area contributed by atoms with Gasteiger partial charge in [0.15, 0.2) is 5.16 Å². The Morgan fingerprint density at radius 2 is 1.79 bits per heavy atom. The van der Waals surface area contributed by atoms with Crippen molar-refractivity contribution in [3.05, 3.63) is 99.1 Å². The van der Waals surface area contributed by atoms with Gasteiger partial charge in [-0.15, -0.1) is 0 Å². The van der Waals surface area contributed by atoms with Gasteiger partial charge in [-0.1, -0.05) is 59.8 Å². The Bertz CT molecular complexity index is 1240. The topological polar surface area (TPSA) is 34.9 Å². The molecule has 0 N–H and O–H groups in total. The number of halogens is 2. The second-order valence-electron chi connectivity index (χ2n) is 6.32. The van der Waals surface area contributed by atoms with E-state index in [2.05, 4.69) is 4.98 Å². The molecule has 0 aliphatic carbocycles. The summed E-state index contributed by atoms with van der Waals surface area (Å²) in [5.41, 5.74) is 2.46. The van der Waals surface area contributed by atoms with E-state index in [-0.39, 0.29) is 11.4 Å². The van der Waals surface area contributed by atoms with E-state index in [1.54, 1.807) is 47.0 Å². The molecule has 1 heterocycles. The number of aromatic nitrogens is 2. The summed E-state index contributed by atoms with van der Waals surface area (Å²) in [5, 5.41) is 1.59. The third-order valence-corrected chi connectivity index (χ3v) is 5.94. The second kappa shape index (κ2) is 7.78. The zero-order chi connectivity index (χ0) is 19.7. The van der Waals surface area contributed by atoms with E-state index in [0.717, 1.165) is 5.56 Å². The first-order chi connectivity index (χ1) is 13.6. The van der Waals surface area contributed by atoms with Crippen LogP contribution in [0.1, 0.15) is 11.1 Å². The van der Waals surface area contributed by atoms with Crippen LogP contribution in [0.5, 0.6) is 0 Å². The summed E-state index contributed by atoms with van der Waals surface area (Å²) in [6.07, 6.45) is 0. The molecule has 0 saturated carbocycles. The lowest BCUT2D eigenvalue weighted by atomic mass is 10.2. The summed E-state index contributed by atoms with van der Waals surface area (Å²) in [5.74, 6) is 0.0838. The molecular formula is C22H16ClFN2OS. The molecule has 0 aliphatic rings. The minimum atomic E-state index is -0.274. The van der Waals surface area contributed by atoms with Crippen molar-refractivity contribution in [2.75, 3.05) is 0 Å². The van der Waals surface area contributed by atoms with Crippen LogP contribution >= 0.6 is 23.4 Å². The molecule has 3 aromatic carbocycles. The highest BCUT2D eigenvalue weighted by atomic mass is 35.5. The first-order valence-electron chi connectivity index (χ1n) is 8.70. The highest BCUT2D eigenvalue weighted by Gasteiger charge is 2.16. The number of fused-ring (bicyclic) bond motifs is 1. The van der Waals surface area contributed by atoms with Crippen LogP contribution in [-0.4, -0.2) is 9.55 Å². The standard InChI is InChI=1S/C22H16ClFN2OS/c1-14-17(23)9-6-12-20(14)26-21(27)16-8-3-5-11-19(16)25-22(26)28-13-15-7-2-4-10-18(15)24/h2-12H,13H2,1H3. The minimum Gasteiger partial charge on any atom is -0.268 e. The molecule has 0 unspecified atom stereocenters. The van der Waals surface area contributed by atoms with Crippen LogP contribution in [0.25, 0.3) is 16.6 Å². The van der Waals surface area contributed by atoms with Gasteiger partial charge in [0.2, 0.25) is 0 Å². The molecule has 1 aromatic heterocycles. The van der Waals surface area contributed by atoms with Crippen LogP contribution in [0, 0.1) is 12.7 Å². The molecule has 3 nitrogen and oxygen atoms in total. The van der Waals surface area contributed by atoms with Crippen molar-refractivity contribution in [1.29, 1.82) is 0 Å². The molecule has 28 heavy (non-hydrogen) atoms. The Hall–Kier alpha value is -2.63. The fraction of sp³-hybridized carbons (Fsp3) is 0.0909. The normalized spacial score (nSPS) is 11.1. The fourth-order valence-electron chi connectivity index (χ4n) is 3.02.